The average Bonchev–Trinajstić information content (AvgIpc) is 3.19. The van der Waals surface area contributed by atoms with E-state index in [-0.39, 0.29) is 29.5 Å². The van der Waals surface area contributed by atoms with Crippen molar-refractivity contribution < 1.29 is 22.4 Å². The lowest BCUT2D eigenvalue weighted by Gasteiger charge is -2.15. The summed E-state index contributed by atoms with van der Waals surface area (Å²) in [4.78, 5) is 12.8. The highest BCUT2D eigenvalue weighted by molar-refractivity contribution is 6.30. The zero-order valence-electron chi connectivity index (χ0n) is 19.6. The van der Waals surface area contributed by atoms with E-state index < -0.39 is 18.4 Å². The smallest absolute Gasteiger partial charge is 0.348 e. The summed E-state index contributed by atoms with van der Waals surface area (Å²) < 4.78 is 55.8. The van der Waals surface area contributed by atoms with E-state index >= 15 is 0 Å². The number of benzene rings is 3. The fourth-order valence-corrected chi connectivity index (χ4v) is 4.48. The van der Waals surface area contributed by atoms with Crippen LogP contribution in [0.2, 0.25) is 5.02 Å². The number of hydrogen-bond acceptors (Lipinski definition) is 1. The van der Waals surface area contributed by atoms with E-state index in [1.54, 1.807) is 28.8 Å². The molecule has 0 bridgehead atoms. The molecule has 0 saturated carbocycles. The van der Waals surface area contributed by atoms with Crippen molar-refractivity contribution in [2.45, 2.75) is 39.0 Å². The summed E-state index contributed by atoms with van der Waals surface area (Å²) in [6.45, 7) is 1.76. The van der Waals surface area contributed by atoms with E-state index in [4.69, 9.17) is 11.6 Å². The summed E-state index contributed by atoms with van der Waals surface area (Å²) in [5.41, 5.74) is 2.99. The molecule has 3 aromatic carbocycles. The molecule has 1 amide bonds. The van der Waals surface area contributed by atoms with Crippen LogP contribution in [0.1, 0.15) is 45.2 Å². The van der Waals surface area contributed by atoms with Gasteiger partial charge in [-0.25, -0.2) is 4.39 Å². The normalized spacial score (nSPS) is 11.7. The minimum Gasteiger partial charge on any atom is -0.348 e. The van der Waals surface area contributed by atoms with Gasteiger partial charge in [-0.05, 0) is 59.5 Å². The number of rotatable bonds is 8. The summed E-state index contributed by atoms with van der Waals surface area (Å²) >= 11 is 5.80. The number of hydrogen-bond donors (Lipinski definition) is 1. The zero-order chi connectivity index (χ0) is 25.9. The molecule has 8 heteroatoms. The summed E-state index contributed by atoms with van der Waals surface area (Å²) in [5, 5.41) is 3.54. The number of nitrogens with zero attached hydrogens (tertiary/aromatic N) is 1. The molecule has 0 unspecified atom stereocenters. The Labute approximate surface area is 211 Å². The Bertz CT molecular complexity index is 1380. The Hall–Kier alpha value is -3.32. The predicted molar refractivity (Wildman–Crippen MR) is 134 cm³/mol. The number of nitrogens with one attached hydrogen (secondary N) is 1. The number of carbonyl (C=O) groups is 1. The fraction of sp³-hybridized carbons (Fsp3) is 0.250. The highest BCUT2D eigenvalue weighted by atomic mass is 35.5. The first kappa shape index (κ1) is 25.8. The summed E-state index contributed by atoms with van der Waals surface area (Å²) in [6.07, 6.45) is -3.69. The molecule has 188 valence electrons. The molecular formula is C28H25ClF4N2O. The lowest BCUT2D eigenvalue weighted by atomic mass is 10.0. The first-order chi connectivity index (χ1) is 17.2. The van der Waals surface area contributed by atoms with Gasteiger partial charge in [0.1, 0.15) is 6.67 Å². The Morgan fingerprint density at radius 1 is 0.972 bits per heavy atom. The van der Waals surface area contributed by atoms with Gasteiger partial charge in [-0.15, -0.1) is 0 Å². The van der Waals surface area contributed by atoms with Crippen molar-refractivity contribution in [2.75, 3.05) is 6.67 Å². The maximum absolute atomic E-state index is 13.6. The van der Waals surface area contributed by atoms with Gasteiger partial charge in [0.05, 0.1) is 12.1 Å². The fourth-order valence-electron chi connectivity index (χ4n) is 4.30. The molecule has 3 nitrogen and oxygen atoms in total. The molecule has 36 heavy (non-hydrogen) atoms. The zero-order valence-corrected chi connectivity index (χ0v) is 20.4. The van der Waals surface area contributed by atoms with Gasteiger partial charge in [0.15, 0.2) is 0 Å². The summed E-state index contributed by atoms with van der Waals surface area (Å²) in [5.74, 6) is -0.270. The Morgan fingerprint density at radius 2 is 1.69 bits per heavy atom. The molecule has 1 heterocycles. The van der Waals surface area contributed by atoms with Crippen LogP contribution in [0.3, 0.4) is 0 Å². The number of aromatic nitrogens is 1. The minimum atomic E-state index is -4.57. The van der Waals surface area contributed by atoms with Crippen molar-refractivity contribution >= 4 is 28.4 Å². The number of fused-ring (bicyclic) bond motifs is 1. The van der Waals surface area contributed by atoms with Gasteiger partial charge in [0.2, 0.25) is 0 Å². The second kappa shape index (κ2) is 10.7. The number of aryl methyl sites for hydroxylation is 2. The molecule has 0 spiro atoms. The van der Waals surface area contributed by atoms with Crippen molar-refractivity contribution in [3.63, 3.8) is 0 Å². The molecule has 0 aliphatic heterocycles. The highest BCUT2D eigenvalue weighted by Crippen LogP contribution is 2.35. The summed E-state index contributed by atoms with van der Waals surface area (Å²) in [7, 11) is 0. The largest absolute Gasteiger partial charge is 0.416 e. The second-order valence-corrected chi connectivity index (χ2v) is 9.02. The third-order valence-corrected chi connectivity index (χ3v) is 6.43. The Balaban J connectivity index is 1.60. The molecule has 0 fully saturated rings. The maximum Gasteiger partial charge on any atom is 0.416 e. The van der Waals surface area contributed by atoms with Crippen molar-refractivity contribution in [3.05, 3.63) is 105 Å². The highest BCUT2D eigenvalue weighted by Gasteiger charge is 2.33. The first-order valence-corrected chi connectivity index (χ1v) is 12.0. The first-order valence-electron chi connectivity index (χ1n) is 11.6. The average molecular weight is 517 g/mol. The van der Waals surface area contributed by atoms with E-state index in [2.05, 4.69) is 12.2 Å². The van der Waals surface area contributed by atoms with Crippen LogP contribution >= 0.6 is 11.6 Å². The molecule has 1 aromatic heterocycles. The predicted octanol–water partition coefficient (Wildman–Crippen LogP) is 7.37. The second-order valence-electron chi connectivity index (χ2n) is 8.58. The van der Waals surface area contributed by atoms with Crippen LogP contribution < -0.4 is 5.32 Å². The molecule has 0 radical (unpaired) electrons. The number of alkyl halides is 4. The van der Waals surface area contributed by atoms with Crippen molar-refractivity contribution in [1.82, 2.24) is 9.88 Å². The lowest BCUT2D eigenvalue weighted by molar-refractivity contribution is -0.138. The Morgan fingerprint density at radius 3 is 2.36 bits per heavy atom. The number of halogens is 5. The van der Waals surface area contributed by atoms with E-state index in [0.717, 1.165) is 18.1 Å². The SMILES string of the molecule is CCc1ccc(CNC(=O)c2ccc3c(c2)cc(Cc2ccc(Cl)cc2C(F)(F)F)n3CCF)cc1. The van der Waals surface area contributed by atoms with Gasteiger partial charge in [-0.1, -0.05) is 48.9 Å². The molecule has 4 aromatic rings. The molecule has 0 atom stereocenters. The van der Waals surface area contributed by atoms with Crippen LogP contribution in [0.5, 0.6) is 0 Å². The van der Waals surface area contributed by atoms with E-state index in [0.29, 0.717) is 28.7 Å². The van der Waals surface area contributed by atoms with Gasteiger partial charge in [0, 0.05) is 40.1 Å². The number of amides is 1. The number of carbonyl (C=O) groups excluding carboxylic acids is 1. The van der Waals surface area contributed by atoms with Crippen molar-refractivity contribution in [1.29, 1.82) is 0 Å². The van der Waals surface area contributed by atoms with Crippen LogP contribution in [0.15, 0.2) is 66.7 Å². The molecule has 4 rings (SSSR count). The monoisotopic (exact) mass is 516 g/mol. The lowest BCUT2D eigenvalue weighted by Crippen LogP contribution is -2.22. The molecule has 0 aliphatic carbocycles. The standard InChI is InChI=1S/C28H25ClF4N2O/c1-2-18-3-5-19(6-4-18)17-34-27(36)21-8-10-26-22(13-21)15-24(35(26)12-11-30)14-20-7-9-23(29)16-25(20)28(31,32)33/h3-10,13,15-16H,2,11-12,14,17H2,1H3,(H,34,36). The van der Waals surface area contributed by atoms with Crippen molar-refractivity contribution in [2.24, 2.45) is 0 Å². The van der Waals surface area contributed by atoms with E-state index in [1.165, 1.54) is 17.7 Å². The topological polar surface area (TPSA) is 34.0 Å². The summed E-state index contributed by atoms with van der Waals surface area (Å²) in [6, 6.07) is 18.4. The quantitative estimate of drug-likeness (QED) is 0.244. The van der Waals surface area contributed by atoms with Crippen LogP contribution in [-0.4, -0.2) is 17.1 Å². The van der Waals surface area contributed by atoms with Gasteiger partial charge in [-0.3, -0.25) is 4.79 Å². The Kier molecular flexibility index (Phi) is 7.69. The maximum atomic E-state index is 13.6. The van der Waals surface area contributed by atoms with Gasteiger partial charge in [0.25, 0.3) is 5.91 Å². The van der Waals surface area contributed by atoms with Gasteiger partial charge >= 0.3 is 6.18 Å². The van der Waals surface area contributed by atoms with Crippen LogP contribution in [-0.2, 0) is 32.1 Å². The molecular weight excluding hydrogens is 492 g/mol. The van der Waals surface area contributed by atoms with Crippen LogP contribution in [0, 0.1) is 0 Å². The van der Waals surface area contributed by atoms with Crippen LogP contribution in [0.4, 0.5) is 17.6 Å². The molecule has 0 aliphatic rings. The van der Waals surface area contributed by atoms with Gasteiger partial charge in [-0.2, -0.15) is 13.2 Å². The third kappa shape index (κ3) is 5.73. The third-order valence-electron chi connectivity index (χ3n) is 6.19. The molecule has 0 saturated heterocycles. The van der Waals surface area contributed by atoms with E-state index in [9.17, 15) is 22.4 Å². The molecule has 1 N–H and O–H groups in total. The minimum absolute atomic E-state index is 0.00687. The van der Waals surface area contributed by atoms with Gasteiger partial charge < -0.3 is 9.88 Å². The van der Waals surface area contributed by atoms with Crippen LogP contribution in [0.25, 0.3) is 10.9 Å². The van der Waals surface area contributed by atoms with Crippen molar-refractivity contribution in [3.8, 4) is 0 Å². The van der Waals surface area contributed by atoms with E-state index in [1.807, 2.05) is 24.3 Å².